The van der Waals surface area contributed by atoms with Crippen LogP contribution >= 0.6 is 11.6 Å². The lowest BCUT2D eigenvalue weighted by molar-refractivity contribution is -0.131. The van der Waals surface area contributed by atoms with Gasteiger partial charge in [-0.1, -0.05) is 29.8 Å². The van der Waals surface area contributed by atoms with Crippen molar-refractivity contribution >= 4 is 17.5 Å². The molecule has 1 aliphatic rings. The molecule has 0 spiro atoms. The highest BCUT2D eigenvalue weighted by molar-refractivity contribution is 6.31. The molecule has 2 N–H and O–H groups in total. The summed E-state index contributed by atoms with van der Waals surface area (Å²) in [4.78, 5) is 12.9. The predicted octanol–water partition coefficient (Wildman–Crippen LogP) is 1.97. The zero-order valence-electron chi connectivity index (χ0n) is 13.0. The number of nitrogens with zero attached hydrogens (tertiary/aromatic N) is 2. The molecule has 5 nitrogen and oxygen atoms in total. The van der Waals surface area contributed by atoms with Crippen molar-refractivity contribution in [1.29, 1.82) is 0 Å². The number of hydrogen-bond acceptors (Lipinski definition) is 3. The standard InChI is InChI=1S/C17H21ClN4O/c18-15-5-2-1-4-14(15)6-10-20-16(23)17(7-11-19-12-8-17)22-13-3-9-21-22/h1-5,9,13,19H,6-8,10-12H2,(H,20,23). The molecule has 0 atom stereocenters. The molecule has 1 saturated heterocycles. The molecule has 3 rings (SSSR count). The van der Waals surface area contributed by atoms with Crippen molar-refractivity contribution in [3.8, 4) is 0 Å². The van der Waals surface area contributed by atoms with Crippen molar-refractivity contribution in [3.63, 3.8) is 0 Å². The van der Waals surface area contributed by atoms with Gasteiger partial charge in [0.05, 0.1) is 0 Å². The number of benzene rings is 1. The van der Waals surface area contributed by atoms with Crippen molar-refractivity contribution in [3.05, 3.63) is 53.3 Å². The van der Waals surface area contributed by atoms with Gasteiger partial charge in [0.2, 0.25) is 5.91 Å². The van der Waals surface area contributed by atoms with Gasteiger partial charge in [-0.15, -0.1) is 0 Å². The van der Waals surface area contributed by atoms with Crippen LogP contribution in [0.5, 0.6) is 0 Å². The highest BCUT2D eigenvalue weighted by Crippen LogP contribution is 2.27. The van der Waals surface area contributed by atoms with Crippen LogP contribution < -0.4 is 10.6 Å². The molecule has 0 saturated carbocycles. The average Bonchev–Trinajstić information content (AvgIpc) is 3.12. The summed E-state index contributed by atoms with van der Waals surface area (Å²) in [6.45, 7) is 2.20. The molecule has 23 heavy (non-hydrogen) atoms. The van der Waals surface area contributed by atoms with Crippen molar-refractivity contribution in [1.82, 2.24) is 20.4 Å². The number of piperidine rings is 1. The van der Waals surface area contributed by atoms with Gasteiger partial charge < -0.3 is 10.6 Å². The fourth-order valence-electron chi connectivity index (χ4n) is 3.10. The highest BCUT2D eigenvalue weighted by atomic mass is 35.5. The monoisotopic (exact) mass is 332 g/mol. The number of carbonyl (C=O) groups is 1. The van der Waals surface area contributed by atoms with E-state index in [4.69, 9.17) is 11.6 Å². The molecule has 6 heteroatoms. The Balaban J connectivity index is 1.66. The number of amides is 1. The number of aromatic nitrogens is 2. The van der Waals surface area contributed by atoms with Crippen LogP contribution in [0.4, 0.5) is 0 Å². The first-order valence-electron chi connectivity index (χ1n) is 7.95. The van der Waals surface area contributed by atoms with Gasteiger partial charge in [0.25, 0.3) is 0 Å². The van der Waals surface area contributed by atoms with Gasteiger partial charge in [0.15, 0.2) is 0 Å². The molecule has 2 aromatic rings. The number of nitrogens with one attached hydrogen (secondary N) is 2. The van der Waals surface area contributed by atoms with E-state index in [1.54, 1.807) is 10.9 Å². The summed E-state index contributed by atoms with van der Waals surface area (Å²) < 4.78 is 1.80. The van der Waals surface area contributed by atoms with E-state index in [2.05, 4.69) is 15.7 Å². The van der Waals surface area contributed by atoms with Crippen molar-refractivity contribution in [2.75, 3.05) is 19.6 Å². The average molecular weight is 333 g/mol. The quantitative estimate of drug-likeness (QED) is 0.880. The Kier molecular flexibility index (Phi) is 4.98. The third-order valence-electron chi connectivity index (χ3n) is 4.43. The Bertz CT molecular complexity index is 650. The smallest absolute Gasteiger partial charge is 0.248 e. The van der Waals surface area contributed by atoms with Crippen LogP contribution in [0.25, 0.3) is 0 Å². The molecule has 0 aliphatic carbocycles. The first-order valence-corrected chi connectivity index (χ1v) is 8.33. The molecule has 1 aliphatic heterocycles. The second kappa shape index (κ2) is 7.15. The van der Waals surface area contributed by atoms with Gasteiger partial charge >= 0.3 is 0 Å². The van der Waals surface area contributed by atoms with Crippen molar-refractivity contribution in [2.45, 2.75) is 24.8 Å². The third kappa shape index (κ3) is 3.41. The first-order chi connectivity index (χ1) is 11.2. The van der Waals surface area contributed by atoms with Gasteiger partial charge in [-0.25, -0.2) is 0 Å². The van der Waals surface area contributed by atoms with Crippen LogP contribution in [0.1, 0.15) is 18.4 Å². The molecule has 122 valence electrons. The molecule has 1 fully saturated rings. The Morgan fingerprint density at radius 1 is 1.30 bits per heavy atom. The zero-order valence-corrected chi connectivity index (χ0v) is 13.7. The van der Waals surface area contributed by atoms with Crippen LogP contribution in [0.3, 0.4) is 0 Å². The van der Waals surface area contributed by atoms with E-state index in [1.807, 2.05) is 36.5 Å². The molecule has 0 radical (unpaired) electrons. The van der Waals surface area contributed by atoms with Crippen molar-refractivity contribution < 1.29 is 4.79 Å². The van der Waals surface area contributed by atoms with Crippen LogP contribution in [0.15, 0.2) is 42.7 Å². The Morgan fingerprint density at radius 2 is 2.09 bits per heavy atom. The molecule has 0 bridgehead atoms. The van der Waals surface area contributed by atoms with Crippen molar-refractivity contribution in [2.24, 2.45) is 0 Å². The van der Waals surface area contributed by atoms with Gasteiger partial charge in [0.1, 0.15) is 5.54 Å². The second-order valence-corrected chi connectivity index (χ2v) is 6.24. The Morgan fingerprint density at radius 3 is 2.78 bits per heavy atom. The molecular formula is C17H21ClN4O. The minimum absolute atomic E-state index is 0.0368. The largest absolute Gasteiger partial charge is 0.354 e. The number of hydrogen-bond donors (Lipinski definition) is 2. The number of carbonyl (C=O) groups excluding carboxylic acids is 1. The summed E-state index contributed by atoms with van der Waals surface area (Å²) in [7, 11) is 0. The molecule has 2 heterocycles. The fraction of sp³-hybridized carbons (Fsp3) is 0.412. The maximum absolute atomic E-state index is 12.9. The van der Waals surface area contributed by atoms with Gasteiger partial charge in [-0.05, 0) is 50.0 Å². The summed E-state index contributed by atoms with van der Waals surface area (Å²) in [6, 6.07) is 9.59. The second-order valence-electron chi connectivity index (χ2n) is 5.83. The number of halogens is 1. The van der Waals surface area contributed by atoms with E-state index >= 15 is 0 Å². The normalized spacial score (nSPS) is 16.9. The summed E-state index contributed by atoms with van der Waals surface area (Å²) in [5.74, 6) is 0.0368. The van der Waals surface area contributed by atoms with Crippen LogP contribution in [-0.2, 0) is 16.8 Å². The molecular weight excluding hydrogens is 312 g/mol. The lowest BCUT2D eigenvalue weighted by Gasteiger charge is -2.36. The molecule has 1 amide bonds. The lowest BCUT2D eigenvalue weighted by atomic mass is 9.87. The summed E-state index contributed by atoms with van der Waals surface area (Å²) in [5, 5.41) is 11.4. The van der Waals surface area contributed by atoms with E-state index in [-0.39, 0.29) is 5.91 Å². The van der Waals surface area contributed by atoms with E-state index in [0.29, 0.717) is 6.54 Å². The fourth-order valence-corrected chi connectivity index (χ4v) is 3.33. The van der Waals surface area contributed by atoms with Crippen LogP contribution in [-0.4, -0.2) is 35.3 Å². The summed E-state index contributed by atoms with van der Waals surface area (Å²) in [5.41, 5.74) is 0.461. The van der Waals surface area contributed by atoms with E-state index in [9.17, 15) is 4.79 Å². The lowest BCUT2D eigenvalue weighted by Crippen LogP contribution is -2.54. The highest BCUT2D eigenvalue weighted by Gasteiger charge is 2.41. The summed E-state index contributed by atoms with van der Waals surface area (Å²) in [6.07, 6.45) is 5.80. The number of rotatable bonds is 5. The maximum Gasteiger partial charge on any atom is 0.248 e. The van der Waals surface area contributed by atoms with Crippen LogP contribution in [0, 0.1) is 0 Å². The maximum atomic E-state index is 12.9. The minimum atomic E-state index is -0.588. The molecule has 1 aromatic carbocycles. The SMILES string of the molecule is O=C(NCCc1ccccc1Cl)C1(n2cccn2)CCNCC1. The van der Waals surface area contributed by atoms with E-state index < -0.39 is 5.54 Å². The molecule has 0 unspecified atom stereocenters. The topological polar surface area (TPSA) is 59.0 Å². The van der Waals surface area contributed by atoms with E-state index in [1.165, 1.54) is 0 Å². The van der Waals surface area contributed by atoms with Gasteiger partial charge in [-0.2, -0.15) is 5.10 Å². The molecule has 1 aromatic heterocycles. The van der Waals surface area contributed by atoms with Gasteiger partial charge in [-0.3, -0.25) is 9.48 Å². The Labute approximate surface area is 141 Å². The predicted molar refractivity (Wildman–Crippen MR) is 90.5 cm³/mol. The minimum Gasteiger partial charge on any atom is -0.354 e. The zero-order chi connectivity index (χ0) is 16.1. The summed E-state index contributed by atoms with van der Waals surface area (Å²) >= 11 is 6.16. The van der Waals surface area contributed by atoms with Gasteiger partial charge in [0, 0.05) is 24.0 Å². The van der Waals surface area contributed by atoms with E-state index in [0.717, 1.165) is 42.9 Å². The first kappa shape index (κ1) is 16.0. The third-order valence-corrected chi connectivity index (χ3v) is 4.80. The van der Waals surface area contributed by atoms with Crippen LogP contribution in [0.2, 0.25) is 5.02 Å². The Hall–Kier alpha value is -1.85.